The average Bonchev–Trinajstić information content (AvgIpc) is 2.72. The molecule has 29 heavy (non-hydrogen) atoms. The molecule has 0 unspecified atom stereocenters. The molecule has 0 bridgehead atoms. The Morgan fingerprint density at radius 1 is 1.00 bits per heavy atom. The molecule has 164 valence electrons. The van der Waals surface area contributed by atoms with Crippen molar-refractivity contribution >= 4 is 33.6 Å². The number of benzene rings is 1. The molecule has 0 atom stereocenters. The first-order chi connectivity index (χ1) is 13.9. The number of carbonyl (C=O) groups excluding carboxylic acids is 1. The first-order valence-corrected chi connectivity index (χ1v) is 18.3. The van der Waals surface area contributed by atoms with Crippen molar-refractivity contribution in [2.24, 2.45) is 0 Å². The fourth-order valence-electron chi connectivity index (χ4n) is 4.08. The number of unbranched alkanes of at least 4 members (excludes halogenated alkanes) is 3. The van der Waals surface area contributed by atoms with Crippen molar-refractivity contribution < 1.29 is 19.2 Å². The number of nitrogens with zero attached hydrogens (tertiary/aromatic N) is 1. The molecule has 0 aliphatic heterocycles. The summed E-state index contributed by atoms with van der Waals surface area (Å²) >= 11 is -3.00. The van der Waals surface area contributed by atoms with E-state index in [1.807, 2.05) is 6.07 Å². The summed E-state index contributed by atoms with van der Waals surface area (Å²) in [6, 6.07) is 3.52. The van der Waals surface area contributed by atoms with Crippen LogP contribution in [0.15, 0.2) is 12.1 Å². The molecule has 1 aromatic carbocycles. The summed E-state index contributed by atoms with van der Waals surface area (Å²) in [7, 11) is 2.87. The molecule has 1 rings (SSSR count). The van der Waals surface area contributed by atoms with Crippen LogP contribution in [0.3, 0.4) is 0 Å². The summed E-state index contributed by atoms with van der Waals surface area (Å²) < 4.78 is 15.1. The van der Waals surface area contributed by atoms with Crippen LogP contribution < -0.4 is 8.32 Å². The number of hydrogen-bond acceptors (Lipinski definition) is 5. The summed E-state index contributed by atoms with van der Waals surface area (Å²) in [6.07, 6.45) is 6.81. The molecular formula is C22H37NO5Sn. The average molecular weight is 514 g/mol. The Morgan fingerprint density at radius 2 is 1.52 bits per heavy atom. The van der Waals surface area contributed by atoms with Gasteiger partial charge >= 0.3 is 180 Å². The van der Waals surface area contributed by atoms with Crippen LogP contribution in [-0.2, 0) is 16.0 Å². The summed E-state index contributed by atoms with van der Waals surface area (Å²) in [4.78, 5) is 23.4. The standard InChI is InChI=1S/C10H10NO5.3C4H9.Sn/c1-15-9-4-3-7(6-10(12)16-2)5-8(9)11(13)14;3*1-3-4-2;/h3,5H,6H2,1-2H3;3*1,3-4H2,2H3;. The monoisotopic (exact) mass is 515 g/mol. The van der Waals surface area contributed by atoms with Crippen LogP contribution in [0.2, 0.25) is 13.3 Å². The van der Waals surface area contributed by atoms with Crippen molar-refractivity contribution in [2.75, 3.05) is 14.2 Å². The van der Waals surface area contributed by atoms with Crippen molar-refractivity contribution in [2.45, 2.75) is 79.0 Å². The molecule has 7 heteroatoms. The zero-order valence-electron chi connectivity index (χ0n) is 18.7. The molecule has 0 saturated heterocycles. The quantitative estimate of drug-likeness (QED) is 0.144. The maximum absolute atomic E-state index is 11.9. The minimum absolute atomic E-state index is 0.0190. The molecule has 0 aliphatic carbocycles. The third-order valence-electron chi connectivity index (χ3n) is 5.70. The molecule has 0 saturated carbocycles. The van der Waals surface area contributed by atoms with E-state index in [0.29, 0.717) is 11.3 Å². The fourth-order valence-corrected chi connectivity index (χ4v) is 20.8. The van der Waals surface area contributed by atoms with Crippen LogP contribution in [0.25, 0.3) is 0 Å². The van der Waals surface area contributed by atoms with Gasteiger partial charge in [0.25, 0.3) is 0 Å². The van der Waals surface area contributed by atoms with Gasteiger partial charge < -0.3 is 0 Å². The second kappa shape index (κ2) is 13.1. The first-order valence-electron chi connectivity index (χ1n) is 10.8. The SMILES string of the molecule is CCC[CH2][Sn]([CH2]CCC)([CH2]CCC)[c]1cc(CC(=O)OC)cc([N+](=O)[O-])c1OC. The van der Waals surface area contributed by atoms with Crippen molar-refractivity contribution in [3.63, 3.8) is 0 Å². The number of rotatable bonds is 14. The van der Waals surface area contributed by atoms with Crippen molar-refractivity contribution in [3.8, 4) is 5.75 Å². The van der Waals surface area contributed by atoms with Gasteiger partial charge in [-0.3, -0.25) is 0 Å². The fraction of sp³-hybridized carbons (Fsp3) is 0.682. The Morgan fingerprint density at radius 3 is 1.90 bits per heavy atom. The summed E-state index contributed by atoms with van der Waals surface area (Å²) in [6.45, 7) is 6.59. The van der Waals surface area contributed by atoms with Gasteiger partial charge in [0, 0.05) is 0 Å². The predicted molar refractivity (Wildman–Crippen MR) is 120 cm³/mol. The molecule has 0 amide bonds. The van der Waals surface area contributed by atoms with E-state index in [2.05, 4.69) is 20.8 Å². The molecule has 0 N–H and O–H groups in total. The number of ether oxygens (including phenoxy) is 2. The number of nitro benzene ring substituents is 1. The van der Waals surface area contributed by atoms with Crippen LogP contribution in [0.1, 0.15) is 64.9 Å². The van der Waals surface area contributed by atoms with Crippen LogP contribution in [-0.4, -0.2) is 43.5 Å². The van der Waals surface area contributed by atoms with Gasteiger partial charge in [-0.15, -0.1) is 0 Å². The van der Waals surface area contributed by atoms with Crippen LogP contribution in [0, 0.1) is 10.1 Å². The molecule has 0 aliphatic rings. The zero-order valence-corrected chi connectivity index (χ0v) is 21.6. The van der Waals surface area contributed by atoms with Crippen LogP contribution >= 0.6 is 0 Å². The summed E-state index contributed by atoms with van der Waals surface area (Å²) in [5.41, 5.74) is 0.638. The molecule has 0 radical (unpaired) electrons. The third kappa shape index (κ3) is 7.15. The summed E-state index contributed by atoms with van der Waals surface area (Å²) in [5.74, 6) is 0.0506. The van der Waals surface area contributed by atoms with Crippen LogP contribution in [0.5, 0.6) is 5.75 Å². The molecule has 0 fully saturated rings. The van der Waals surface area contributed by atoms with Crippen molar-refractivity contribution in [1.82, 2.24) is 0 Å². The number of esters is 1. The Hall–Kier alpha value is -1.31. The Kier molecular flexibility index (Phi) is 11.6. The molecular weight excluding hydrogens is 477 g/mol. The molecule has 0 aromatic heterocycles. The van der Waals surface area contributed by atoms with Gasteiger partial charge in [-0.2, -0.15) is 0 Å². The molecule has 0 spiro atoms. The van der Waals surface area contributed by atoms with E-state index in [0.717, 1.165) is 42.1 Å². The molecule has 0 heterocycles. The topological polar surface area (TPSA) is 78.7 Å². The predicted octanol–water partition coefficient (Wildman–Crippen LogP) is 5.38. The number of hydrogen-bond donors (Lipinski definition) is 0. The van der Waals surface area contributed by atoms with E-state index in [9.17, 15) is 14.9 Å². The zero-order chi connectivity index (χ0) is 21.9. The van der Waals surface area contributed by atoms with E-state index in [-0.39, 0.29) is 23.0 Å². The number of carbonyl (C=O) groups is 1. The van der Waals surface area contributed by atoms with Gasteiger partial charge in [-0.25, -0.2) is 0 Å². The second-order valence-electron chi connectivity index (χ2n) is 7.80. The van der Waals surface area contributed by atoms with E-state index in [1.54, 1.807) is 0 Å². The van der Waals surface area contributed by atoms with E-state index in [4.69, 9.17) is 9.47 Å². The number of methoxy groups -OCH3 is 2. The maximum atomic E-state index is 11.9. The van der Waals surface area contributed by atoms with Crippen LogP contribution in [0.4, 0.5) is 5.69 Å². The van der Waals surface area contributed by atoms with Gasteiger partial charge in [-0.1, -0.05) is 0 Å². The van der Waals surface area contributed by atoms with Crippen molar-refractivity contribution in [3.05, 3.63) is 27.8 Å². The minimum atomic E-state index is -3.00. The van der Waals surface area contributed by atoms with Gasteiger partial charge in [-0.05, 0) is 0 Å². The Bertz CT molecular complexity index is 656. The Balaban J connectivity index is 3.70. The molecule has 1 aromatic rings. The molecule has 6 nitrogen and oxygen atoms in total. The number of nitro groups is 1. The van der Waals surface area contributed by atoms with E-state index >= 15 is 0 Å². The third-order valence-corrected chi connectivity index (χ3v) is 21.2. The van der Waals surface area contributed by atoms with E-state index < -0.39 is 18.4 Å². The summed E-state index contributed by atoms with van der Waals surface area (Å²) in [5, 5.41) is 11.8. The second-order valence-corrected chi connectivity index (χ2v) is 20.9. The van der Waals surface area contributed by atoms with Gasteiger partial charge in [0.15, 0.2) is 0 Å². The Labute approximate surface area is 179 Å². The van der Waals surface area contributed by atoms with Gasteiger partial charge in [0.05, 0.1) is 0 Å². The van der Waals surface area contributed by atoms with Crippen molar-refractivity contribution in [1.29, 1.82) is 0 Å². The normalized spacial score (nSPS) is 11.3. The van der Waals surface area contributed by atoms with Gasteiger partial charge in [0.1, 0.15) is 0 Å². The van der Waals surface area contributed by atoms with E-state index in [1.165, 1.54) is 33.6 Å². The first kappa shape index (κ1) is 25.7. The van der Waals surface area contributed by atoms with Gasteiger partial charge in [0.2, 0.25) is 0 Å².